The molecule has 0 aliphatic carbocycles. The molecule has 0 spiro atoms. The molecule has 0 saturated carbocycles. The van der Waals surface area contributed by atoms with Gasteiger partial charge in [-0.2, -0.15) is 0 Å². The molecule has 0 bridgehead atoms. The maximum atomic E-state index is 15.1. The van der Waals surface area contributed by atoms with E-state index in [1.807, 2.05) is 83.1 Å². The van der Waals surface area contributed by atoms with Gasteiger partial charge in [0, 0.05) is 13.5 Å². The molecule has 39 nitrogen and oxygen atoms in total. The third-order valence-corrected chi connectivity index (χ3v) is 21.8. The Hall–Kier alpha value is -8.76. The second-order valence-electron chi connectivity index (χ2n) is 36.6. The Kier molecular flexibility index (Phi) is 59.4. The van der Waals surface area contributed by atoms with Crippen molar-refractivity contribution in [3.8, 4) is 0 Å². The van der Waals surface area contributed by atoms with Gasteiger partial charge >= 0.3 is 0 Å². The minimum Gasteiger partial charge on any atom is -0.368 e. The number of primary amides is 1. The minimum atomic E-state index is -1.35. The Bertz CT molecular complexity index is 3370. The smallest absolute Gasteiger partial charge is 0.245 e. The Balaban J connectivity index is 3.65. The number of nitrogens with one attached hydrogen (secondary N) is 14. The van der Waals surface area contributed by atoms with Crippen molar-refractivity contribution in [3.63, 3.8) is 0 Å². The van der Waals surface area contributed by atoms with E-state index in [1.54, 1.807) is 0 Å². The van der Waals surface area contributed by atoms with Crippen LogP contribution in [0.5, 0.6) is 0 Å². The summed E-state index contributed by atoms with van der Waals surface area (Å²) in [5.41, 5.74) is 46.5. The zero-order valence-electron chi connectivity index (χ0n) is 78.9. The molecular weight excluding hydrogens is 1640 g/mol. The quantitative estimate of drug-likeness (QED) is 0.0340. The molecule has 0 aromatic carbocycles. The van der Waals surface area contributed by atoms with Crippen LogP contribution in [0.4, 0.5) is 0 Å². The fourth-order valence-electron chi connectivity index (χ4n) is 15.0. The van der Waals surface area contributed by atoms with Crippen molar-refractivity contribution < 1.29 is 76.7 Å². The van der Waals surface area contributed by atoms with E-state index in [1.165, 1.54) is 18.7 Å². The van der Waals surface area contributed by atoms with Crippen molar-refractivity contribution in [3.05, 3.63) is 0 Å². The van der Waals surface area contributed by atoms with Gasteiger partial charge in [-0.05, 0) is 274 Å². The van der Waals surface area contributed by atoms with Gasteiger partial charge < -0.3 is 125 Å². The summed E-state index contributed by atoms with van der Waals surface area (Å²) >= 11 is 0. The lowest BCUT2D eigenvalue weighted by Gasteiger charge is -2.31. The molecule has 39 heteroatoms. The molecule has 1 heterocycles. The standard InChI is InChI=1S/C88H167N23O16/c1-52(2)46-67(105-79(118)64(34-19-26-42-93)102-83(122)69(48-54(5)6)109-86(125)71(50-56(9)10)106-78(117)63(33-18-25-41-92)101-76(115)61(98-59(14)112)31-16-23-39-90)81(120)97-58(13)75(114)100-62(32-17-24-40-91)77(116)104-66(36-21-28-44-95)88(127)111-45-29-37-73(111)87(126)110-72(51-57(11)12)84(123)103-65(35-20-27-43-94)80(119)107-70(49-55(7)8)85(124)108-68(47-53(3)4)82(121)99-60(74(96)113)30-15-22-38-89/h52-58,60-73H,15-51,89-95H2,1-14H3,(H2,96,113)(H,97,120)(H,98,112)(H,99,121)(H,100,114)(H,101,115)(H,102,122)(H,103,123)(H,104,116)(H,105,118)(H,106,117)(H,107,119)(H,108,124)(H,109,125)(H,110,126)/t58-,60-,61-,62-,63-,64-,65-,66-,67-,68-,69-,70-,71-,72-,73-/m0/s1. The van der Waals surface area contributed by atoms with Crippen LogP contribution in [-0.2, 0) is 76.7 Å². The first-order chi connectivity index (χ1) is 60.0. The Morgan fingerprint density at radius 1 is 0.260 bits per heavy atom. The topological polar surface area (TPSA) is 653 Å². The monoisotopic (exact) mass is 1800 g/mol. The van der Waals surface area contributed by atoms with Crippen LogP contribution in [-0.4, -0.2) is 242 Å². The second kappa shape index (κ2) is 64.9. The Morgan fingerprint density at radius 3 is 0.717 bits per heavy atom. The molecule has 730 valence electrons. The molecule has 30 N–H and O–H groups in total. The van der Waals surface area contributed by atoms with Gasteiger partial charge in [0.1, 0.15) is 90.6 Å². The van der Waals surface area contributed by atoms with E-state index in [0.29, 0.717) is 116 Å². The number of likely N-dealkylation sites (tertiary alicyclic amines) is 1. The third kappa shape index (κ3) is 47.9. The summed E-state index contributed by atoms with van der Waals surface area (Å²) < 4.78 is 0. The highest BCUT2D eigenvalue weighted by molar-refractivity contribution is 6.01. The molecule has 1 aliphatic rings. The summed E-state index contributed by atoms with van der Waals surface area (Å²) in [4.78, 5) is 229. The second-order valence-corrected chi connectivity index (χ2v) is 36.6. The summed E-state index contributed by atoms with van der Waals surface area (Å²) in [5, 5.41) is 38.9. The van der Waals surface area contributed by atoms with Crippen LogP contribution in [0.3, 0.4) is 0 Å². The van der Waals surface area contributed by atoms with Gasteiger partial charge in [0.05, 0.1) is 0 Å². The molecule has 0 aromatic rings. The van der Waals surface area contributed by atoms with Crippen molar-refractivity contribution in [2.75, 3.05) is 52.4 Å². The average molecular weight is 1800 g/mol. The summed E-state index contributed by atoms with van der Waals surface area (Å²) in [6, 6.07) is -18.0. The van der Waals surface area contributed by atoms with Gasteiger partial charge in [-0.15, -0.1) is 0 Å². The van der Waals surface area contributed by atoms with Gasteiger partial charge in [0.2, 0.25) is 94.5 Å². The van der Waals surface area contributed by atoms with Crippen LogP contribution in [0, 0.1) is 35.5 Å². The van der Waals surface area contributed by atoms with Crippen molar-refractivity contribution in [2.45, 2.75) is 374 Å². The molecular formula is C88H167N23O16. The highest BCUT2D eigenvalue weighted by atomic mass is 16.2. The summed E-state index contributed by atoms with van der Waals surface area (Å²) in [7, 11) is 0. The molecule has 0 aromatic heterocycles. The number of hydrogen-bond donors (Lipinski definition) is 22. The number of carbonyl (C=O) groups is 16. The number of nitrogens with two attached hydrogens (primary N) is 8. The molecule has 16 amide bonds. The first-order valence-electron chi connectivity index (χ1n) is 46.8. The zero-order valence-corrected chi connectivity index (χ0v) is 78.9. The molecule has 1 aliphatic heterocycles. The maximum Gasteiger partial charge on any atom is 0.245 e. The zero-order chi connectivity index (χ0) is 96.0. The lowest BCUT2D eigenvalue weighted by Crippen LogP contribution is -2.61. The first kappa shape index (κ1) is 116. The van der Waals surface area contributed by atoms with Crippen LogP contribution >= 0.6 is 0 Å². The van der Waals surface area contributed by atoms with Gasteiger partial charge in [-0.25, -0.2) is 0 Å². The van der Waals surface area contributed by atoms with Crippen LogP contribution in [0.25, 0.3) is 0 Å². The lowest BCUT2D eigenvalue weighted by molar-refractivity contribution is -0.143. The first-order valence-corrected chi connectivity index (χ1v) is 46.8. The largest absolute Gasteiger partial charge is 0.368 e. The van der Waals surface area contributed by atoms with Crippen molar-refractivity contribution in [2.24, 2.45) is 81.4 Å². The van der Waals surface area contributed by atoms with E-state index in [9.17, 15) is 71.9 Å². The molecule has 0 radical (unpaired) electrons. The molecule has 15 atom stereocenters. The Labute approximate surface area is 754 Å². The average Bonchev–Trinajstić information content (AvgIpc) is 1.78. The number of carbonyl (C=O) groups excluding carboxylic acids is 16. The van der Waals surface area contributed by atoms with Gasteiger partial charge in [0.25, 0.3) is 0 Å². The molecule has 1 saturated heterocycles. The lowest BCUT2D eigenvalue weighted by atomic mass is 9.98. The molecule has 1 rings (SSSR count). The molecule has 0 unspecified atom stereocenters. The fourth-order valence-corrected chi connectivity index (χ4v) is 15.0. The normalized spacial score (nSPS) is 16.1. The SMILES string of the molecule is CC(=O)N[C@@H](CCCCN)C(=O)N[C@@H](CCCCN)C(=O)N[C@@H](CC(C)C)C(=O)N[C@@H](CC(C)C)C(=O)N[C@@H](CCCCN)C(=O)N[C@@H](CC(C)C)C(=O)N[C@@H](C)C(=O)N[C@@H](CCCCN)C(=O)N[C@@H](CCCCN)C(=O)N1CCC[C@H]1C(=O)N[C@@H](CC(C)C)C(=O)N[C@@H](CCCCN)C(=O)N[C@@H](CC(C)C)C(=O)N[C@@H](CC(C)C)C(=O)N[C@@H](CCCCN)C(N)=O. The number of nitrogens with zero attached hydrogens (tertiary/aromatic N) is 1. The number of hydrogen-bond acceptors (Lipinski definition) is 23. The number of rotatable bonds is 69. The van der Waals surface area contributed by atoms with Crippen LogP contribution in [0.2, 0.25) is 0 Å². The molecule has 1 fully saturated rings. The Morgan fingerprint density at radius 2 is 0.465 bits per heavy atom. The summed E-state index contributed by atoms with van der Waals surface area (Å²) in [6.45, 7) is 26.9. The van der Waals surface area contributed by atoms with E-state index in [4.69, 9.17) is 45.9 Å². The summed E-state index contributed by atoms with van der Waals surface area (Å²) in [6.07, 6.45) is 8.49. The van der Waals surface area contributed by atoms with Crippen molar-refractivity contribution in [1.82, 2.24) is 79.3 Å². The molecule has 127 heavy (non-hydrogen) atoms. The predicted octanol–water partition coefficient (Wildman–Crippen LogP) is -0.531. The number of unbranched alkanes of at least 4 members (excludes halogenated alkanes) is 7. The number of amides is 16. The van der Waals surface area contributed by atoms with E-state index in [-0.39, 0.29) is 158 Å². The van der Waals surface area contributed by atoms with Crippen LogP contribution in [0.1, 0.15) is 283 Å². The van der Waals surface area contributed by atoms with Crippen molar-refractivity contribution >= 4 is 94.5 Å². The van der Waals surface area contributed by atoms with Crippen LogP contribution in [0.15, 0.2) is 0 Å². The van der Waals surface area contributed by atoms with Gasteiger partial charge in [-0.1, -0.05) is 83.1 Å². The highest BCUT2D eigenvalue weighted by Crippen LogP contribution is 2.23. The predicted molar refractivity (Wildman–Crippen MR) is 489 cm³/mol. The van der Waals surface area contributed by atoms with Gasteiger partial charge in [-0.3, -0.25) is 76.7 Å². The van der Waals surface area contributed by atoms with Gasteiger partial charge in [0.15, 0.2) is 0 Å². The van der Waals surface area contributed by atoms with Crippen LogP contribution < -0.4 is 120 Å². The fraction of sp³-hybridized carbons (Fsp3) is 0.818. The van der Waals surface area contributed by atoms with E-state index < -0.39 is 185 Å². The van der Waals surface area contributed by atoms with E-state index in [0.717, 1.165) is 0 Å². The van der Waals surface area contributed by atoms with Crippen molar-refractivity contribution in [1.29, 1.82) is 0 Å². The highest BCUT2D eigenvalue weighted by Gasteiger charge is 2.42. The van der Waals surface area contributed by atoms with E-state index in [2.05, 4.69) is 74.4 Å². The minimum absolute atomic E-state index is 0.0327. The maximum absolute atomic E-state index is 15.1. The van der Waals surface area contributed by atoms with E-state index >= 15 is 4.79 Å². The third-order valence-electron chi connectivity index (χ3n) is 21.8. The summed E-state index contributed by atoms with van der Waals surface area (Å²) in [5.74, 6) is -12.1.